The predicted octanol–water partition coefficient (Wildman–Crippen LogP) is 11.0. The summed E-state index contributed by atoms with van der Waals surface area (Å²) in [5.74, 6) is 6.74. The minimum atomic E-state index is 0. The second-order valence-corrected chi connectivity index (χ2v) is 14.3. The van der Waals surface area contributed by atoms with Gasteiger partial charge in [0.05, 0.1) is 0 Å². The van der Waals surface area contributed by atoms with Gasteiger partial charge in [0.15, 0.2) is 0 Å². The Morgan fingerprint density at radius 2 is 1.11 bits per heavy atom. The number of halogens is 2. The standard InChI is InChI=1S/C21H21.C17H18.C5H5.2ClH.Zr/c1-2-8-15-14(7-1)13-20-18-11-4-3-9-16(18)17-10-5-6-12-19(17)21(15)20;1-14(16-9-5-3-6-10-16)13-15(2)17-11-7-4-8-12-17;1-2-4-5-3-1;;;/h1-21H;3-12,14-15H,1-2H3;1-3H,4H2;2*1H;/q-1;;-1;;;+2. The van der Waals surface area contributed by atoms with Crippen molar-refractivity contribution < 1.29 is 24.2 Å². The van der Waals surface area contributed by atoms with Crippen molar-refractivity contribution in [1.29, 1.82) is 0 Å². The molecule has 10 unspecified atom stereocenters. The van der Waals surface area contributed by atoms with Crippen LogP contribution in [0.25, 0.3) is 0 Å². The van der Waals surface area contributed by atoms with Crippen LogP contribution in [0.1, 0.15) is 43.2 Å². The molecule has 2 aromatic rings. The van der Waals surface area contributed by atoms with Crippen LogP contribution in [0.5, 0.6) is 0 Å². The number of fused-ring (bicyclic) bond motifs is 8. The fourth-order valence-electron chi connectivity index (χ4n) is 8.14. The zero-order chi connectivity index (χ0) is 30.3. The number of hydrogen-bond donors (Lipinski definition) is 0. The molecule has 2 aromatic carbocycles. The Bertz CT molecular complexity index is 1450. The van der Waals surface area contributed by atoms with Crippen LogP contribution in [0, 0.1) is 59.8 Å². The molecule has 8 rings (SSSR count). The molecular weight excluding hydrogens is 679 g/mol. The normalized spacial score (nSPS) is 30.9. The van der Waals surface area contributed by atoms with Gasteiger partial charge in [-0.15, -0.1) is 43.2 Å². The van der Waals surface area contributed by atoms with E-state index >= 15 is 0 Å². The molecule has 46 heavy (non-hydrogen) atoms. The van der Waals surface area contributed by atoms with Crippen LogP contribution >= 0.6 is 24.8 Å². The summed E-state index contributed by atoms with van der Waals surface area (Å²) < 4.78 is 1.61. The Balaban J connectivity index is 0.000000176. The summed E-state index contributed by atoms with van der Waals surface area (Å²) in [5.41, 5.74) is 2.85. The van der Waals surface area contributed by atoms with Crippen LogP contribution in [0.3, 0.4) is 0 Å². The van der Waals surface area contributed by atoms with Crippen molar-refractivity contribution >= 4 is 28.0 Å². The van der Waals surface area contributed by atoms with Crippen molar-refractivity contribution in [1.82, 2.24) is 0 Å². The first-order valence-electron chi connectivity index (χ1n) is 16.4. The van der Waals surface area contributed by atoms with Crippen molar-refractivity contribution in [3.05, 3.63) is 175 Å². The van der Waals surface area contributed by atoms with Crippen LogP contribution in [0.15, 0.2) is 152 Å². The molecule has 0 aliphatic heterocycles. The first-order chi connectivity index (χ1) is 21.6. The summed E-state index contributed by atoms with van der Waals surface area (Å²) in [5, 5.41) is 0. The van der Waals surface area contributed by atoms with Gasteiger partial charge < -0.3 is 6.42 Å². The Kier molecular flexibility index (Phi) is 14.1. The van der Waals surface area contributed by atoms with Gasteiger partial charge >= 0.3 is 125 Å². The molecule has 236 valence electrons. The van der Waals surface area contributed by atoms with Gasteiger partial charge in [-0.3, -0.25) is 6.08 Å². The summed E-state index contributed by atoms with van der Waals surface area (Å²) in [7, 11) is 0. The first-order valence-corrected chi connectivity index (χ1v) is 17.7. The largest absolute Gasteiger partial charge is 0.273 e. The van der Waals surface area contributed by atoms with Crippen molar-refractivity contribution in [2.24, 2.45) is 47.3 Å². The maximum atomic E-state index is 2.99. The third kappa shape index (κ3) is 8.21. The molecule has 0 heterocycles. The number of benzene rings is 2. The molecule has 3 heteroatoms. The molecular formula is C43H46Cl2Zr. The van der Waals surface area contributed by atoms with E-state index in [0.717, 1.165) is 18.3 Å². The molecule has 2 fully saturated rings. The molecule has 0 saturated heterocycles. The Labute approximate surface area is 305 Å². The molecule has 2 saturated carbocycles. The molecule has 0 nitrogen and oxygen atoms in total. The maximum Gasteiger partial charge on any atom is -0.109 e. The smallest absolute Gasteiger partial charge is 0.109 e. The van der Waals surface area contributed by atoms with Crippen molar-refractivity contribution in [3.63, 3.8) is 0 Å². The maximum absolute atomic E-state index is 2.99. The second-order valence-electron chi connectivity index (χ2n) is 12.8. The first kappa shape index (κ1) is 36.5. The van der Waals surface area contributed by atoms with E-state index in [0.29, 0.717) is 47.3 Å². The van der Waals surface area contributed by atoms with E-state index in [1.807, 2.05) is 12.2 Å². The summed E-state index contributed by atoms with van der Waals surface area (Å²) in [6.45, 7) is 4.64. The van der Waals surface area contributed by atoms with E-state index in [9.17, 15) is 0 Å². The fourth-order valence-corrected chi connectivity index (χ4v) is 8.96. The van der Waals surface area contributed by atoms with Crippen LogP contribution in [-0.4, -0.2) is 3.21 Å². The quantitative estimate of drug-likeness (QED) is 0.276. The summed E-state index contributed by atoms with van der Waals surface area (Å²) in [6.07, 6.45) is 41.0. The van der Waals surface area contributed by atoms with E-state index in [-0.39, 0.29) is 24.8 Å². The minimum Gasteiger partial charge on any atom is -0.273 e. The average molecular weight is 725 g/mol. The molecule has 10 atom stereocenters. The zero-order valence-electron chi connectivity index (χ0n) is 26.8. The van der Waals surface area contributed by atoms with E-state index in [2.05, 4.69) is 166 Å². The van der Waals surface area contributed by atoms with Crippen LogP contribution < -0.4 is 0 Å². The van der Waals surface area contributed by atoms with Gasteiger partial charge in [0.25, 0.3) is 0 Å². The monoisotopic (exact) mass is 722 g/mol. The molecule has 0 aromatic heterocycles. The van der Waals surface area contributed by atoms with Crippen LogP contribution in [-0.2, 0) is 24.2 Å². The summed E-state index contributed by atoms with van der Waals surface area (Å²) >= 11 is 1.54. The summed E-state index contributed by atoms with van der Waals surface area (Å²) in [6, 6.07) is 21.6. The van der Waals surface area contributed by atoms with Crippen molar-refractivity contribution in [2.45, 2.75) is 32.1 Å². The van der Waals surface area contributed by atoms with Crippen LogP contribution in [0.2, 0.25) is 0 Å². The third-order valence-corrected chi connectivity index (χ3v) is 12.6. The van der Waals surface area contributed by atoms with Crippen LogP contribution in [0.4, 0.5) is 0 Å². The van der Waals surface area contributed by atoms with Gasteiger partial charge in [-0.05, 0) is 29.6 Å². The molecule has 6 aliphatic rings. The van der Waals surface area contributed by atoms with E-state index in [1.165, 1.54) is 11.1 Å². The Morgan fingerprint density at radius 3 is 1.61 bits per heavy atom. The van der Waals surface area contributed by atoms with Crippen molar-refractivity contribution in [2.75, 3.05) is 0 Å². The number of allylic oxidation sites excluding steroid dienone is 16. The molecule has 6 aliphatic carbocycles. The SMILES string of the molecule is C1=CC2[CH-]C3C4C=CC=CC4C4C=CC=CC4C3C2C=C1.CC([C](=[Zr+2])C(C)c1ccccc1)c1ccccc1.Cl.Cl.[C-]1=CC=CC1. The van der Waals surface area contributed by atoms with Gasteiger partial charge in [-0.2, -0.15) is 12.0 Å². The fraction of sp³-hybridized carbons (Fsp3) is 0.302. The molecule has 0 radical (unpaired) electrons. The Morgan fingerprint density at radius 1 is 0.630 bits per heavy atom. The third-order valence-electron chi connectivity index (χ3n) is 10.5. The number of rotatable bonds is 4. The van der Waals surface area contributed by atoms with Crippen molar-refractivity contribution in [3.8, 4) is 0 Å². The Hall–Kier alpha value is -2.31. The molecule has 0 spiro atoms. The summed E-state index contributed by atoms with van der Waals surface area (Å²) in [4.78, 5) is 0. The second kappa shape index (κ2) is 17.7. The van der Waals surface area contributed by atoms with E-state index in [4.69, 9.17) is 0 Å². The zero-order valence-corrected chi connectivity index (χ0v) is 30.9. The predicted molar refractivity (Wildman–Crippen MR) is 198 cm³/mol. The number of hydrogen-bond acceptors (Lipinski definition) is 0. The van der Waals surface area contributed by atoms with E-state index < -0.39 is 0 Å². The molecule has 0 N–H and O–H groups in total. The minimum absolute atomic E-state index is 0. The van der Waals surface area contributed by atoms with Gasteiger partial charge in [0.2, 0.25) is 0 Å². The van der Waals surface area contributed by atoms with Gasteiger partial charge in [-0.25, -0.2) is 12.2 Å². The van der Waals surface area contributed by atoms with Gasteiger partial charge in [0, 0.05) is 0 Å². The van der Waals surface area contributed by atoms with Gasteiger partial charge in [0.1, 0.15) is 0 Å². The molecule has 0 bridgehead atoms. The van der Waals surface area contributed by atoms with Gasteiger partial charge in [-0.1, -0.05) is 72.8 Å². The van der Waals surface area contributed by atoms with E-state index in [1.54, 1.807) is 27.4 Å². The molecule has 0 amide bonds. The average Bonchev–Trinajstić information content (AvgIpc) is 3.81. The topological polar surface area (TPSA) is 0 Å².